The van der Waals surface area contributed by atoms with Crippen LogP contribution >= 0.6 is 0 Å². The molecule has 0 aromatic heterocycles. The summed E-state index contributed by atoms with van der Waals surface area (Å²) in [5, 5.41) is 14.6. The molecule has 3 aromatic carbocycles. The molecule has 0 bridgehead atoms. The quantitative estimate of drug-likeness (QED) is 0.496. The third kappa shape index (κ3) is 5.60. The van der Waals surface area contributed by atoms with E-state index in [-0.39, 0.29) is 16.9 Å². The summed E-state index contributed by atoms with van der Waals surface area (Å²) in [6.45, 7) is 0. The number of nitrogens with zero attached hydrogens (tertiary/aromatic N) is 1. The van der Waals surface area contributed by atoms with E-state index < -0.39 is 17.8 Å². The largest absolute Gasteiger partial charge is 0.478 e. The second-order valence-electron chi connectivity index (χ2n) is 7.17. The van der Waals surface area contributed by atoms with E-state index in [0.717, 1.165) is 5.69 Å². The van der Waals surface area contributed by atoms with E-state index in [2.05, 4.69) is 10.6 Å². The molecule has 0 fully saturated rings. The highest BCUT2D eigenvalue weighted by Crippen LogP contribution is 2.18. The molecule has 0 heterocycles. The van der Waals surface area contributed by atoms with E-state index in [0.29, 0.717) is 11.1 Å². The van der Waals surface area contributed by atoms with Crippen LogP contribution in [0.1, 0.15) is 26.3 Å². The number of carboxylic acids is 1. The van der Waals surface area contributed by atoms with Gasteiger partial charge in [-0.15, -0.1) is 0 Å². The first-order valence-corrected chi connectivity index (χ1v) is 9.84. The highest BCUT2D eigenvalue weighted by molar-refractivity contribution is 6.12. The van der Waals surface area contributed by atoms with Gasteiger partial charge in [0.25, 0.3) is 11.8 Å². The molecular weight excluding hydrogens is 406 g/mol. The second kappa shape index (κ2) is 10.1. The van der Waals surface area contributed by atoms with Crippen molar-refractivity contribution in [2.45, 2.75) is 0 Å². The van der Waals surface area contributed by atoms with Gasteiger partial charge < -0.3 is 20.6 Å². The van der Waals surface area contributed by atoms with E-state index in [1.165, 1.54) is 12.1 Å². The number of carbonyl (C=O) groups excluding carboxylic acids is 2. The molecule has 7 heteroatoms. The Morgan fingerprint density at radius 2 is 1.47 bits per heavy atom. The molecule has 0 aliphatic rings. The molecule has 0 unspecified atom stereocenters. The van der Waals surface area contributed by atoms with E-state index in [4.69, 9.17) is 0 Å². The lowest BCUT2D eigenvalue weighted by Crippen LogP contribution is -2.31. The maximum Gasteiger partial charge on any atom is 0.337 e. The Kier molecular flexibility index (Phi) is 7.02. The molecule has 0 aliphatic heterocycles. The minimum absolute atomic E-state index is 0.0170. The summed E-state index contributed by atoms with van der Waals surface area (Å²) < 4.78 is 0. The Hall–Kier alpha value is -4.39. The number of benzene rings is 3. The van der Waals surface area contributed by atoms with Crippen molar-refractivity contribution in [1.82, 2.24) is 5.32 Å². The fraction of sp³-hybridized carbons (Fsp3) is 0.0800. The van der Waals surface area contributed by atoms with Gasteiger partial charge >= 0.3 is 5.97 Å². The van der Waals surface area contributed by atoms with Crippen LogP contribution in [0.5, 0.6) is 0 Å². The number of para-hydroxylation sites is 1. The van der Waals surface area contributed by atoms with Crippen molar-refractivity contribution < 1.29 is 19.5 Å². The highest BCUT2D eigenvalue weighted by atomic mass is 16.4. The Bertz CT molecular complexity index is 1150. The Balaban J connectivity index is 1.93. The van der Waals surface area contributed by atoms with Gasteiger partial charge in [-0.05, 0) is 48.0 Å². The smallest absolute Gasteiger partial charge is 0.337 e. The van der Waals surface area contributed by atoms with Crippen molar-refractivity contribution in [3.63, 3.8) is 0 Å². The van der Waals surface area contributed by atoms with Gasteiger partial charge in [-0.2, -0.15) is 0 Å². The van der Waals surface area contributed by atoms with Gasteiger partial charge in [0.05, 0.1) is 11.3 Å². The lowest BCUT2D eigenvalue weighted by atomic mass is 10.1. The number of rotatable bonds is 7. The molecule has 3 rings (SSSR count). The highest BCUT2D eigenvalue weighted by Gasteiger charge is 2.17. The van der Waals surface area contributed by atoms with Crippen molar-refractivity contribution >= 4 is 35.2 Å². The summed E-state index contributed by atoms with van der Waals surface area (Å²) >= 11 is 0. The number of anilines is 2. The number of nitrogens with one attached hydrogen (secondary N) is 2. The predicted octanol–water partition coefficient (Wildman–Crippen LogP) is 3.86. The summed E-state index contributed by atoms with van der Waals surface area (Å²) in [5.41, 5.74) is 2.13. The number of carbonyl (C=O) groups is 3. The number of hydrogen-bond acceptors (Lipinski definition) is 4. The third-order valence-corrected chi connectivity index (χ3v) is 4.65. The molecule has 162 valence electrons. The fourth-order valence-electron chi connectivity index (χ4n) is 2.95. The molecule has 0 spiro atoms. The standard InChI is InChI=1S/C25H23N3O4/c1-28(2)19-14-12-17(13-15-19)16-22(27-23(29)18-8-4-3-5-9-18)24(30)26-21-11-7-6-10-20(21)25(31)32/h3-16H,1-2H3,(H,26,30)(H,27,29)(H,31,32)/b22-16-. The zero-order chi connectivity index (χ0) is 23.1. The Morgan fingerprint density at radius 1 is 0.844 bits per heavy atom. The van der Waals surface area contributed by atoms with Crippen LogP contribution in [0.3, 0.4) is 0 Å². The minimum Gasteiger partial charge on any atom is -0.478 e. The van der Waals surface area contributed by atoms with Crippen LogP contribution in [0, 0.1) is 0 Å². The van der Waals surface area contributed by atoms with E-state index in [1.54, 1.807) is 48.5 Å². The molecular formula is C25H23N3O4. The average Bonchev–Trinajstić information content (AvgIpc) is 2.79. The van der Waals surface area contributed by atoms with Gasteiger partial charge in [0.15, 0.2) is 0 Å². The zero-order valence-electron chi connectivity index (χ0n) is 17.7. The van der Waals surface area contributed by atoms with Crippen LogP contribution in [0.25, 0.3) is 6.08 Å². The van der Waals surface area contributed by atoms with E-state index in [9.17, 15) is 19.5 Å². The molecule has 2 amide bonds. The zero-order valence-corrected chi connectivity index (χ0v) is 17.7. The normalized spacial score (nSPS) is 10.9. The van der Waals surface area contributed by atoms with Gasteiger partial charge in [0, 0.05) is 25.3 Å². The topological polar surface area (TPSA) is 98.7 Å². The fourth-order valence-corrected chi connectivity index (χ4v) is 2.95. The monoisotopic (exact) mass is 429 g/mol. The van der Waals surface area contributed by atoms with Crippen molar-refractivity contribution in [2.75, 3.05) is 24.3 Å². The Morgan fingerprint density at radius 3 is 2.09 bits per heavy atom. The first-order valence-electron chi connectivity index (χ1n) is 9.84. The number of amides is 2. The van der Waals surface area contributed by atoms with Crippen molar-refractivity contribution in [3.8, 4) is 0 Å². The lowest BCUT2D eigenvalue weighted by molar-refractivity contribution is -0.113. The van der Waals surface area contributed by atoms with Crippen LogP contribution in [-0.4, -0.2) is 37.0 Å². The first kappa shape index (κ1) is 22.3. The summed E-state index contributed by atoms with van der Waals surface area (Å²) in [4.78, 5) is 39.1. The van der Waals surface area contributed by atoms with Crippen molar-refractivity contribution in [3.05, 3.63) is 101 Å². The predicted molar refractivity (Wildman–Crippen MR) is 125 cm³/mol. The number of aromatic carboxylic acids is 1. The lowest BCUT2D eigenvalue weighted by Gasteiger charge is -2.14. The molecule has 3 aromatic rings. The maximum absolute atomic E-state index is 13.0. The van der Waals surface area contributed by atoms with E-state index >= 15 is 0 Å². The second-order valence-corrected chi connectivity index (χ2v) is 7.17. The molecule has 0 radical (unpaired) electrons. The SMILES string of the molecule is CN(C)c1ccc(/C=C(\NC(=O)c2ccccc2)C(=O)Nc2ccccc2C(=O)O)cc1. The summed E-state index contributed by atoms with van der Waals surface area (Å²) in [7, 11) is 3.84. The molecule has 7 nitrogen and oxygen atoms in total. The van der Waals surface area contributed by atoms with Gasteiger partial charge in [0.2, 0.25) is 0 Å². The van der Waals surface area contributed by atoms with Crippen molar-refractivity contribution in [2.24, 2.45) is 0 Å². The van der Waals surface area contributed by atoms with Crippen LogP contribution in [0.4, 0.5) is 11.4 Å². The van der Waals surface area contributed by atoms with Crippen LogP contribution in [0.15, 0.2) is 84.6 Å². The number of carboxylic acid groups (broad SMARTS) is 1. The van der Waals surface area contributed by atoms with Gasteiger partial charge in [-0.3, -0.25) is 9.59 Å². The maximum atomic E-state index is 13.0. The van der Waals surface area contributed by atoms with Crippen molar-refractivity contribution in [1.29, 1.82) is 0 Å². The summed E-state index contributed by atoms with van der Waals surface area (Å²) in [6.07, 6.45) is 1.54. The van der Waals surface area contributed by atoms with Crippen LogP contribution in [-0.2, 0) is 4.79 Å². The minimum atomic E-state index is -1.17. The molecule has 0 saturated heterocycles. The van der Waals surface area contributed by atoms with Crippen LogP contribution in [0.2, 0.25) is 0 Å². The Labute approximate surface area is 186 Å². The van der Waals surface area contributed by atoms with Crippen LogP contribution < -0.4 is 15.5 Å². The van der Waals surface area contributed by atoms with Gasteiger partial charge in [-0.1, -0.05) is 42.5 Å². The van der Waals surface area contributed by atoms with Gasteiger partial charge in [-0.25, -0.2) is 4.79 Å². The van der Waals surface area contributed by atoms with Gasteiger partial charge in [0.1, 0.15) is 5.70 Å². The van der Waals surface area contributed by atoms with E-state index in [1.807, 2.05) is 43.3 Å². The first-order chi connectivity index (χ1) is 15.3. The number of hydrogen-bond donors (Lipinski definition) is 3. The summed E-state index contributed by atoms with van der Waals surface area (Å²) in [5.74, 6) is -2.26. The molecule has 0 atom stereocenters. The molecule has 0 aliphatic carbocycles. The third-order valence-electron chi connectivity index (χ3n) is 4.65. The molecule has 0 saturated carbocycles. The average molecular weight is 429 g/mol. The summed E-state index contributed by atoms with van der Waals surface area (Å²) in [6, 6.07) is 22.0. The molecule has 32 heavy (non-hydrogen) atoms. The molecule has 3 N–H and O–H groups in total.